The maximum absolute atomic E-state index is 13.6. The molecular formula is C28H33N3O3. The van der Waals surface area contributed by atoms with Crippen molar-refractivity contribution in [1.82, 2.24) is 9.47 Å². The summed E-state index contributed by atoms with van der Waals surface area (Å²) in [5.41, 5.74) is 5.17. The average Bonchev–Trinajstić information content (AvgIpc) is 2.85. The number of amides is 1. The van der Waals surface area contributed by atoms with Crippen molar-refractivity contribution in [2.75, 3.05) is 38.2 Å². The van der Waals surface area contributed by atoms with Crippen molar-refractivity contribution in [1.29, 1.82) is 0 Å². The van der Waals surface area contributed by atoms with Crippen molar-refractivity contribution < 1.29 is 9.53 Å². The summed E-state index contributed by atoms with van der Waals surface area (Å²) < 4.78 is 7.61. The fourth-order valence-corrected chi connectivity index (χ4v) is 4.88. The molecule has 1 fully saturated rings. The summed E-state index contributed by atoms with van der Waals surface area (Å²) in [4.78, 5) is 30.8. The van der Waals surface area contributed by atoms with Crippen LogP contribution < -0.4 is 15.1 Å². The Balaban J connectivity index is 1.61. The number of methoxy groups -OCH3 is 1. The van der Waals surface area contributed by atoms with Gasteiger partial charge in [0.1, 0.15) is 11.3 Å². The van der Waals surface area contributed by atoms with E-state index < -0.39 is 0 Å². The highest BCUT2D eigenvalue weighted by Gasteiger charge is 2.27. The van der Waals surface area contributed by atoms with Gasteiger partial charge >= 0.3 is 0 Å². The number of hydrogen-bond acceptors (Lipinski definition) is 4. The van der Waals surface area contributed by atoms with Crippen LogP contribution in [-0.2, 0) is 13.0 Å². The van der Waals surface area contributed by atoms with Gasteiger partial charge in [0, 0.05) is 54.9 Å². The lowest BCUT2D eigenvalue weighted by Gasteiger charge is -2.37. The molecule has 0 bridgehead atoms. The van der Waals surface area contributed by atoms with Gasteiger partial charge in [-0.05, 0) is 38.0 Å². The first-order valence-corrected chi connectivity index (χ1v) is 11.9. The molecule has 1 saturated heterocycles. The normalized spacial score (nSPS) is 13.8. The topological polar surface area (TPSA) is 54.8 Å². The van der Waals surface area contributed by atoms with Gasteiger partial charge in [0.2, 0.25) is 0 Å². The standard InChI is InChI=1S/C28H33N3O3/c1-5-23-27(25(32)18-21(3)31(23)19-22-11-7-9-13-26(22)34-4)28(33)30-16-14-29(15-17-30)24-12-8-6-10-20(24)2/h6-13,18H,5,14-17,19H2,1-4H3. The summed E-state index contributed by atoms with van der Waals surface area (Å²) in [5, 5.41) is 0. The van der Waals surface area contributed by atoms with E-state index in [-0.39, 0.29) is 11.3 Å². The molecule has 34 heavy (non-hydrogen) atoms. The van der Waals surface area contributed by atoms with Crippen molar-refractivity contribution in [3.63, 3.8) is 0 Å². The third-order valence-electron chi connectivity index (χ3n) is 6.72. The molecule has 0 aliphatic carbocycles. The number of carbonyl (C=O) groups is 1. The Bertz CT molecular complexity index is 1240. The molecule has 1 amide bonds. The predicted molar refractivity (Wildman–Crippen MR) is 136 cm³/mol. The molecule has 0 radical (unpaired) electrons. The Morgan fingerprint density at radius 2 is 1.65 bits per heavy atom. The Hall–Kier alpha value is -3.54. The molecule has 1 aromatic heterocycles. The first-order valence-electron chi connectivity index (χ1n) is 11.9. The van der Waals surface area contributed by atoms with Gasteiger partial charge in [-0.3, -0.25) is 9.59 Å². The van der Waals surface area contributed by atoms with Crippen LogP contribution in [0.3, 0.4) is 0 Å². The number of anilines is 1. The van der Waals surface area contributed by atoms with Crippen LogP contribution >= 0.6 is 0 Å². The third kappa shape index (κ3) is 4.58. The number of rotatable bonds is 6. The van der Waals surface area contributed by atoms with E-state index in [2.05, 4.69) is 28.5 Å². The van der Waals surface area contributed by atoms with Crippen LogP contribution in [0.25, 0.3) is 0 Å². The van der Waals surface area contributed by atoms with E-state index in [1.807, 2.05) is 55.1 Å². The quantitative estimate of drug-likeness (QED) is 0.558. The van der Waals surface area contributed by atoms with Crippen LogP contribution in [0.4, 0.5) is 5.69 Å². The summed E-state index contributed by atoms with van der Waals surface area (Å²) in [5.74, 6) is 0.628. The number of aromatic nitrogens is 1. The van der Waals surface area contributed by atoms with E-state index in [1.54, 1.807) is 13.2 Å². The van der Waals surface area contributed by atoms with Gasteiger partial charge in [0.15, 0.2) is 5.43 Å². The summed E-state index contributed by atoms with van der Waals surface area (Å²) in [6.45, 7) is 9.26. The predicted octanol–water partition coefficient (Wildman–Crippen LogP) is 4.05. The van der Waals surface area contributed by atoms with Gasteiger partial charge in [-0.15, -0.1) is 0 Å². The van der Waals surface area contributed by atoms with Gasteiger partial charge in [-0.2, -0.15) is 0 Å². The molecule has 0 spiro atoms. The second-order valence-corrected chi connectivity index (χ2v) is 8.79. The van der Waals surface area contributed by atoms with E-state index in [0.717, 1.165) is 35.8 Å². The number of benzene rings is 2. The highest BCUT2D eigenvalue weighted by molar-refractivity contribution is 5.95. The van der Waals surface area contributed by atoms with Crippen molar-refractivity contribution in [2.24, 2.45) is 0 Å². The number of ether oxygens (including phenoxy) is 1. The van der Waals surface area contributed by atoms with Crippen LogP contribution in [0.15, 0.2) is 59.4 Å². The zero-order valence-corrected chi connectivity index (χ0v) is 20.5. The van der Waals surface area contributed by atoms with Gasteiger partial charge in [0.25, 0.3) is 5.91 Å². The highest BCUT2D eigenvalue weighted by Crippen LogP contribution is 2.23. The summed E-state index contributed by atoms with van der Waals surface area (Å²) in [7, 11) is 1.66. The number of hydrogen-bond donors (Lipinski definition) is 0. The molecule has 2 aromatic carbocycles. The Morgan fingerprint density at radius 3 is 2.32 bits per heavy atom. The molecular weight excluding hydrogens is 426 g/mol. The van der Waals surface area contributed by atoms with Crippen LogP contribution in [-0.4, -0.2) is 48.7 Å². The maximum atomic E-state index is 13.6. The molecule has 0 N–H and O–H groups in total. The number of para-hydroxylation sites is 2. The summed E-state index contributed by atoms with van der Waals surface area (Å²) in [6.07, 6.45) is 0.594. The molecule has 0 unspecified atom stereocenters. The van der Waals surface area contributed by atoms with Gasteiger partial charge in [-0.25, -0.2) is 0 Å². The minimum atomic E-state index is -0.197. The molecule has 6 nitrogen and oxygen atoms in total. The van der Waals surface area contributed by atoms with Gasteiger partial charge in [-0.1, -0.05) is 43.3 Å². The maximum Gasteiger partial charge on any atom is 0.259 e. The second kappa shape index (κ2) is 10.2. The SMILES string of the molecule is CCc1c(C(=O)N2CCN(c3ccccc3C)CC2)c(=O)cc(C)n1Cc1ccccc1OC. The Labute approximate surface area is 201 Å². The number of aryl methyl sites for hydroxylation is 2. The van der Waals surface area contributed by atoms with Crippen LogP contribution in [0, 0.1) is 13.8 Å². The molecule has 178 valence electrons. The lowest BCUT2D eigenvalue weighted by molar-refractivity contribution is 0.0743. The lowest BCUT2D eigenvalue weighted by atomic mass is 10.1. The fraction of sp³-hybridized carbons (Fsp3) is 0.357. The highest BCUT2D eigenvalue weighted by atomic mass is 16.5. The molecule has 0 saturated carbocycles. The smallest absolute Gasteiger partial charge is 0.259 e. The minimum Gasteiger partial charge on any atom is -0.496 e. The Morgan fingerprint density at radius 1 is 0.971 bits per heavy atom. The van der Waals surface area contributed by atoms with E-state index >= 15 is 0 Å². The van der Waals surface area contributed by atoms with E-state index in [0.29, 0.717) is 31.6 Å². The third-order valence-corrected chi connectivity index (χ3v) is 6.72. The van der Waals surface area contributed by atoms with E-state index in [4.69, 9.17) is 4.74 Å². The van der Waals surface area contributed by atoms with Crippen LogP contribution in [0.5, 0.6) is 5.75 Å². The number of pyridine rings is 1. The first kappa shape index (κ1) is 23.6. The van der Waals surface area contributed by atoms with Gasteiger partial charge < -0.3 is 19.1 Å². The average molecular weight is 460 g/mol. The molecule has 4 rings (SSSR count). The minimum absolute atomic E-state index is 0.167. The molecule has 3 aromatic rings. The fourth-order valence-electron chi connectivity index (χ4n) is 4.88. The molecule has 1 aliphatic heterocycles. The molecule has 6 heteroatoms. The largest absolute Gasteiger partial charge is 0.496 e. The Kier molecular flexibility index (Phi) is 7.06. The number of piperazine rings is 1. The molecule has 1 aliphatic rings. The van der Waals surface area contributed by atoms with Crippen molar-refractivity contribution in [3.05, 3.63) is 92.9 Å². The van der Waals surface area contributed by atoms with Crippen molar-refractivity contribution in [2.45, 2.75) is 33.7 Å². The number of nitrogens with zero attached hydrogens (tertiary/aromatic N) is 3. The van der Waals surface area contributed by atoms with Crippen molar-refractivity contribution >= 4 is 11.6 Å². The van der Waals surface area contributed by atoms with Gasteiger partial charge in [0.05, 0.1) is 13.7 Å². The molecule has 2 heterocycles. The number of carbonyl (C=O) groups excluding carboxylic acids is 1. The zero-order valence-electron chi connectivity index (χ0n) is 20.5. The summed E-state index contributed by atoms with van der Waals surface area (Å²) in [6, 6.07) is 17.8. The van der Waals surface area contributed by atoms with Crippen LogP contribution in [0.2, 0.25) is 0 Å². The van der Waals surface area contributed by atoms with Crippen molar-refractivity contribution in [3.8, 4) is 5.75 Å². The monoisotopic (exact) mass is 459 g/mol. The van der Waals surface area contributed by atoms with Crippen LogP contribution in [0.1, 0.15) is 39.8 Å². The van der Waals surface area contributed by atoms with E-state index in [9.17, 15) is 9.59 Å². The van der Waals surface area contributed by atoms with E-state index in [1.165, 1.54) is 11.3 Å². The molecule has 0 atom stereocenters. The lowest BCUT2D eigenvalue weighted by Crippen LogP contribution is -2.50. The summed E-state index contributed by atoms with van der Waals surface area (Å²) >= 11 is 0. The zero-order chi connectivity index (χ0) is 24.2. The first-order chi connectivity index (χ1) is 16.4. The second-order valence-electron chi connectivity index (χ2n) is 8.79.